The Morgan fingerprint density at radius 1 is 1.30 bits per heavy atom. The highest BCUT2D eigenvalue weighted by atomic mass is 32.1. The molecule has 0 saturated carbocycles. The van der Waals surface area contributed by atoms with Crippen molar-refractivity contribution >= 4 is 11.3 Å². The molecule has 5 heterocycles. The Labute approximate surface area is 161 Å². The maximum atomic E-state index is 11.8. The highest BCUT2D eigenvalue weighted by molar-refractivity contribution is 7.15. The fourth-order valence-electron chi connectivity index (χ4n) is 3.83. The molecule has 3 aromatic heterocycles. The fourth-order valence-corrected chi connectivity index (χ4v) is 4.82. The maximum Gasteiger partial charge on any atom is 0.225 e. The molecular weight excluding hydrogens is 362 g/mol. The lowest BCUT2D eigenvalue weighted by Crippen LogP contribution is -2.27. The van der Waals surface area contributed by atoms with Crippen LogP contribution in [0.2, 0.25) is 0 Å². The predicted octanol–water partition coefficient (Wildman–Crippen LogP) is 3.10. The molecule has 2 bridgehead atoms. The molecule has 27 heavy (non-hydrogen) atoms. The minimum Gasteiger partial charge on any atom is -0.619 e. The van der Waals surface area contributed by atoms with Crippen LogP contribution >= 0.6 is 11.3 Å². The van der Waals surface area contributed by atoms with Crippen molar-refractivity contribution in [1.29, 1.82) is 0 Å². The molecule has 5 rings (SSSR count). The largest absolute Gasteiger partial charge is 0.619 e. The second kappa shape index (κ2) is 5.84. The molecule has 2 aliphatic heterocycles. The van der Waals surface area contributed by atoms with Crippen LogP contribution in [0.4, 0.5) is 0 Å². The standard InChI is InChI=1S/C19H21N5O2S/c1-19(2,3)14-9-21-18(27-14)16-12-8-11-4-5-13(26-11)17(12)24(22-16)15-10-23(25)7-6-20-15/h6-7,9-11,13H,4-5,8H2,1-3H3. The van der Waals surface area contributed by atoms with Crippen molar-refractivity contribution in [2.45, 2.75) is 57.7 Å². The van der Waals surface area contributed by atoms with E-state index in [2.05, 4.69) is 30.7 Å². The third-order valence-electron chi connectivity index (χ3n) is 5.20. The van der Waals surface area contributed by atoms with Crippen molar-refractivity contribution in [3.05, 3.63) is 46.1 Å². The summed E-state index contributed by atoms with van der Waals surface area (Å²) in [5, 5.41) is 17.6. The summed E-state index contributed by atoms with van der Waals surface area (Å²) in [5.74, 6) is 0.511. The van der Waals surface area contributed by atoms with Crippen LogP contribution in [0.15, 0.2) is 24.8 Å². The second-order valence-electron chi connectivity index (χ2n) is 8.21. The Bertz CT molecular complexity index is 1020. The number of fused-ring (bicyclic) bond motifs is 4. The number of rotatable bonds is 2. The number of hydrogen-bond donors (Lipinski definition) is 0. The van der Waals surface area contributed by atoms with E-state index in [0.29, 0.717) is 5.82 Å². The molecule has 0 aliphatic carbocycles. The Morgan fingerprint density at radius 3 is 2.89 bits per heavy atom. The van der Waals surface area contributed by atoms with Gasteiger partial charge >= 0.3 is 0 Å². The zero-order valence-electron chi connectivity index (χ0n) is 15.5. The van der Waals surface area contributed by atoms with Crippen LogP contribution in [-0.4, -0.2) is 25.9 Å². The molecule has 0 N–H and O–H groups in total. The van der Waals surface area contributed by atoms with Crippen LogP contribution in [0.3, 0.4) is 0 Å². The predicted molar refractivity (Wildman–Crippen MR) is 101 cm³/mol. The highest BCUT2D eigenvalue weighted by Gasteiger charge is 2.40. The monoisotopic (exact) mass is 383 g/mol. The van der Waals surface area contributed by atoms with Crippen molar-refractivity contribution in [2.75, 3.05) is 0 Å². The first-order valence-electron chi connectivity index (χ1n) is 9.19. The lowest BCUT2D eigenvalue weighted by atomic mass is 9.96. The Hall–Kier alpha value is -2.32. The van der Waals surface area contributed by atoms with Crippen LogP contribution in [0.1, 0.15) is 55.9 Å². The SMILES string of the molecule is CC(C)(C)c1cnc(-c2nn(-c3c[n+]([O-])ccn3)c3c2CC2CCC3O2)s1. The van der Waals surface area contributed by atoms with Crippen LogP contribution < -0.4 is 4.73 Å². The average Bonchev–Trinajstić information content (AvgIpc) is 3.32. The van der Waals surface area contributed by atoms with Crippen LogP contribution in [0.5, 0.6) is 0 Å². The van der Waals surface area contributed by atoms with E-state index in [0.717, 1.165) is 40.4 Å². The van der Waals surface area contributed by atoms with Gasteiger partial charge < -0.3 is 9.94 Å². The first kappa shape index (κ1) is 16.8. The molecule has 0 aromatic carbocycles. The maximum absolute atomic E-state index is 11.8. The van der Waals surface area contributed by atoms with E-state index in [9.17, 15) is 5.21 Å². The van der Waals surface area contributed by atoms with Gasteiger partial charge in [0.25, 0.3) is 0 Å². The van der Waals surface area contributed by atoms with E-state index >= 15 is 0 Å². The molecule has 2 unspecified atom stereocenters. The van der Waals surface area contributed by atoms with Gasteiger partial charge in [-0.1, -0.05) is 20.8 Å². The van der Waals surface area contributed by atoms with Crippen molar-refractivity contribution in [3.8, 4) is 16.5 Å². The fraction of sp³-hybridized carbons (Fsp3) is 0.474. The van der Waals surface area contributed by atoms with E-state index in [-0.39, 0.29) is 17.6 Å². The van der Waals surface area contributed by atoms with Gasteiger partial charge in [0.05, 0.1) is 18.0 Å². The Morgan fingerprint density at radius 2 is 2.15 bits per heavy atom. The van der Waals surface area contributed by atoms with Crippen molar-refractivity contribution in [1.82, 2.24) is 19.7 Å². The minimum absolute atomic E-state index is 0.00385. The summed E-state index contributed by atoms with van der Waals surface area (Å²) < 4.78 is 8.66. The number of nitrogens with zero attached hydrogens (tertiary/aromatic N) is 5. The van der Waals surface area contributed by atoms with Crippen LogP contribution in [-0.2, 0) is 16.6 Å². The lowest BCUT2D eigenvalue weighted by molar-refractivity contribution is -0.605. The third kappa shape index (κ3) is 2.74. The van der Waals surface area contributed by atoms with Crippen LogP contribution in [0, 0.1) is 5.21 Å². The molecule has 3 aromatic rings. The summed E-state index contributed by atoms with van der Waals surface area (Å²) in [6.07, 6.45) is 9.36. The second-order valence-corrected chi connectivity index (χ2v) is 9.24. The summed E-state index contributed by atoms with van der Waals surface area (Å²) in [6.45, 7) is 6.56. The number of aromatic nitrogens is 5. The van der Waals surface area contributed by atoms with Gasteiger partial charge in [-0.2, -0.15) is 9.83 Å². The van der Waals surface area contributed by atoms with Gasteiger partial charge in [-0.3, -0.25) is 0 Å². The smallest absolute Gasteiger partial charge is 0.225 e. The van der Waals surface area contributed by atoms with E-state index < -0.39 is 0 Å². The first-order chi connectivity index (χ1) is 12.9. The molecule has 140 valence electrons. The van der Waals surface area contributed by atoms with Gasteiger partial charge in [0, 0.05) is 23.1 Å². The van der Waals surface area contributed by atoms with Crippen molar-refractivity contribution < 1.29 is 9.47 Å². The Kier molecular flexibility index (Phi) is 3.64. The van der Waals surface area contributed by atoms with Crippen LogP contribution in [0.25, 0.3) is 16.5 Å². The average molecular weight is 383 g/mol. The summed E-state index contributed by atoms with van der Waals surface area (Å²) in [5.41, 5.74) is 3.15. The normalized spacial score (nSPS) is 21.4. The molecule has 1 fully saturated rings. The van der Waals surface area contributed by atoms with Gasteiger partial charge in [0.15, 0.2) is 6.20 Å². The summed E-state index contributed by atoms with van der Waals surface area (Å²) in [4.78, 5) is 10.3. The van der Waals surface area contributed by atoms with Gasteiger partial charge in [0.2, 0.25) is 12.0 Å². The van der Waals surface area contributed by atoms with Crippen molar-refractivity contribution in [2.24, 2.45) is 0 Å². The molecule has 0 spiro atoms. The molecule has 7 nitrogen and oxygen atoms in total. The molecule has 2 atom stereocenters. The van der Waals surface area contributed by atoms with Crippen molar-refractivity contribution in [3.63, 3.8) is 0 Å². The number of hydrogen-bond acceptors (Lipinski definition) is 6. The van der Waals surface area contributed by atoms with E-state index in [1.54, 1.807) is 16.0 Å². The zero-order valence-corrected chi connectivity index (χ0v) is 16.4. The Balaban J connectivity index is 1.69. The number of ether oxygens (including phenoxy) is 1. The molecule has 0 amide bonds. The van der Waals surface area contributed by atoms with Gasteiger partial charge in [0.1, 0.15) is 16.8 Å². The van der Waals surface area contributed by atoms with Gasteiger partial charge in [-0.05, 0) is 18.3 Å². The molecule has 8 heteroatoms. The molecule has 1 saturated heterocycles. The third-order valence-corrected chi connectivity index (χ3v) is 6.62. The van der Waals surface area contributed by atoms with Gasteiger partial charge in [-0.15, -0.1) is 11.3 Å². The summed E-state index contributed by atoms with van der Waals surface area (Å²) >= 11 is 1.69. The quantitative estimate of drug-likeness (QED) is 0.502. The number of thiazole rings is 1. The highest BCUT2D eigenvalue weighted by Crippen LogP contribution is 2.45. The van der Waals surface area contributed by atoms with E-state index in [4.69, 9.17) is 9.84 Å². The molecule has 0 radical (unpaired) electrons. The van der Waals surface area contributed by atoms with Gasteiger partial charge in [-0.25, -0.2) is 14.6 Å². The summed E-state index contributed by atoms with van der Waals surface area (Å²) in [7, 11) is 0. The lowest BCUT2D eigenvalue weighted by Gasteiger charge is -2.22. The topological polar surface area (TPSA) is 79.8 Å². The molecular formula is C19H21N5O2S. The molecule has 2 aliphatic rings. The van der Waals surface area contributed by atoms with E-state index in [1.807, 2.05) is 6.20 Å². The summed E-state index contributed by atoms with van der Waals surface area (Å²) in [6, 6.07) is 0. The first-order valence-corrected chi connectivity index (χ1v) is 10.0. The zero-order chi connectivity index (χ0) is 18.8. The van der Waals surface area contributed by atoms with E-state index in [1.165, 1.54) is 29.0 Å². The minimum atomic E-state index is 0.00385.